The van der Waals surface area contributed by atoms with Crippen molar-refractivity contribution in [3.8, 4) is 0 Å². The van der Waals surface area contributed by atoms with E-state index < -0.39 is 0 Å². The summed E-state index contributed by atoms with van der Waals surface area (Å²) in [4.78, 5) is 16.7. The second kappa shape index (κ2) is 7.03. The fourth-order valence-electron chi connectivity index (χ4n) is 2.35. The molecule has 21 heavy (non-hydrogen) atoms. The van der Waals surface area contributed by atoms with E-state index in [-0.39, 0.29) is 11.3 Å². The molecular weight excluding hydrogens is 328 g/mol. The molecule has 3 nitrogen and oxygen atoms in total. The van der Waals surface area contributed by atoms with E-state index in [1.54, 1.807) is 6.20 Å². The number of pyridine rings is 1. The molecule has 0 fully saturated rings. The molecule has 2 aromatic rings. The highest BCUT2D eigenvalue weighted by atomic mass is 79.9. The number of hydrogen-bond donors (Lipinski definition) is 1. The van der Waals surface area contributed by atoms with Crippen molar-refractivity contribution in [1.29, 1.82) is 0 Å². The number of nitrogens with one attached hydrogen (secondary N) is 1. The van der Waals surface area contributed by atoms with Crippen molar-refractivity contribution < 1.29 is 4.79 Å². The molecule has 0 bridgehead atoms. The van der Waals surface area contributed by atoms with E-state index >= 15 is 0 Å². The van der Waals surface area contributed by atoms with Crippen LogP contribution >= 0.6 is 15.9 Å². The number of aromatic nitrogens is 1. The SMILES string of the molecule is CC(C)(CCCBr)CNC(=O)c1cccc2ncccc12. The van der Waals surface area contributed by atoms with Gasteiger partial charge in [-0.05, 0) is 36.5 Å². The lowest BCUT2D eigenvalue weighted by Crippen LogP contribution is -2.34. The number of rotatable bonds is 6. The van der Waals surface area contributed by atoms with Crippen molar-refractivity contribution in [2.24, 2.45) is 5.41 Å². The third-order valence-electron chi connectivity index (χ3n) is 3.60. The number of halogens is 1. The molecule has 1 amide bonds. The highest BCUT2D eigenvalue weighted by Crippen LogP contribution is 2.22. The minimum Gasteiger partial charge on any atom is -0.351 e. The van der Waals surface area contributed by atoms with Crippen LogP contribution in [0.25, 0.3) is 10.9 Å². The van der Waals surface area contributed by atoms with Gasteiger partial charge in [-0.2, -0.15) is 0 Å². The summed E-state index contributed by atoms with van der Waals surface area (Å²) in [5, 5.41) is 4.96. The first kappa shape index (κ1) is 16.0. The number of benzene rings is 1. The lowest BCUT2D eigenvalue weighted by Gasteiger charge is -2.24. The van der Waals surface area contributed by atoms with Crippen molar-refractivity contribution in [3.63, 3.8) is 0 Å². The quantitative estimate of drug-likeness (QED) is 0.796. The Morgan fingerprint density at radius 2 is 2.10 bits per heavy atom. The van der Waals surface area contributed by atoms with Gasteiger partial charge in [-0.1, -0.05) is 41.9 Å². The van der Waals surface area contributed by atoms with E-state index in [1.165, 1.54) is 0 Å². The lowest BCUT2D eigenvalue weighted by atomic mass is 9.88. The molecule has 0 radical (unpaired) electrons. The molecule has 1 aromatic carbocycles. The third kappa shape index (κ3) is 4.27. The van der Waals surface area contributed by atoms with Gasteiger partial charge in [0.25, 0.3) is 5.91 Å². The molecule has 0 aliphatic rings. The average Bonchev–Trinajstić information content (AvgIpc) is 2.50. The Balaban J connectivity index is 2.09. The van der Waals surface area contributed by atoms with Gasteiger partial charge in [0.15, 0.2) is 0 Å². The van der Waals surface area contributed by atoms with Crippen LogP contribution in [0.15, 0.2) is 36.5 Å². The minimum atomic E-state index is -0.0273. The highest BCUT2D eigenvalue weighted by molar-refractivity contribution is 9.09. The molecule has 0 aliphatic heterocycles. The van der Waals surface area contributed by atoms with Gasteiger partial charge in [0.2, 0.25) is 0 Å². The number of fused-ring (bicyclic) bond motifs is 1. The molecule has 0 saturated carbocycles. The van der Waals surface area contributed by atoms with Gasteiger partial charge in [0, 0.05) is 29.0 Å². The van der Waals surface area contributed by atoms with Gasteiger partial charge in [-0.25, -0.2) is 0 Å². The third-order valence-corrected chi connectivity index (χ3v) is 4.17. The zero-order chi connectivity index (χ0) is 15.3. The molecule has 4 heteroatoms. The van der Waals surface area contributed by atoms with Gasteiger partial charge in [0.1, 0.15) is 0 Å². The number of nitrogens with zero attached hydrogens (tertiary/aromatic N) is 1. The first-order chi connectivity index (χ1) is 10.0. The Hall–Kier alpha value is -1.42. The summed E-state index contributed by atoms with van der Waals surface area (Å²) >= 11 is 3.45. The second-order valence-electron chi connectivity index (χ2n) is 6.02. The largest absolute Gasteiger partial charge is 0.351 e. The molecule has 0 unspecified atom stereocenters. The normalized spacial score (nSPS) is 11.6. The zero-order valence-electron chi connectivity index (χ0n) is 12.5. The zero-order valence-corrected chi connectivity index (χ0v) is 14.1. The highest BCUT2D eigenvalue weighted by Gasteiger charge is 2.19. The molecule has 1 N–H and O–H groups in total. The van der Waals surface area contributed by atoms with Crippen LogP contribution in [0.3, 0.4) is 0 Å². The van der Waals surface area contributed by atoms with Crippen LogP contribution in [0.4, 0.5) is 0 Å². The smallest absolute Gasteiger partial charge is 0.251 e. The maximum atomic E-state index is 12.4. The summed E-state index contributed by atoms with van der Waals surface area (Å²) in [6.07, 6.45) is 3.93. The van der Waals surface area contributed by atoms with Gasteiger partial charge in [-0.15, -0.1) is 0 Å². The number of alkyl halides is 1. The van der Waals surface area contributed by atoms with Gasteiger partial charge >= 0.3 is 0 Å². The van der Waals surface area contributed by atoms with E-state index in [0.29, 0.717) is 12.1 Å². The number of carbonyl (C=O) groups excluding carboxylic acids is 1. The topological polar surface area (TPSA) is 42.0 Å². The predicted molar refractivity (Wildman–Crippen MR) is 90.9 cm³/mol. The fraction of sp³-hybridized carbons (Fsp3) is 0.412. The Bertz CT molecular complexity index is 620. The number of carbonyl (C=O) groups is 1. The summed E-state index contributed by atoms with van der Waals surface area (Å²) in [7, 11) is 0. The average molecular weight is 349 g/mol. The standard InChI is InChI=1S/C17H21BrN2O/c1-17(2,9-5-10-18)12-20-16(21)14-6-3-8-15-13(14)7-4-11-19-15/h3-4,6-8,11H,5,9-10,12H2,1-2H3,(H,20,21). The molecule has 0 spiro atoms. The van der Waals surface area contributed by atoms with Crippen LogP contribution in [0.5, 0.6) is 0 Å². The van der Waals surface area contributed by atoms with E-state index in [0.717, 1.165) is 29.1 Å². The Labute approximate surface area is 134 Å². The molecule has 1 heterocycles. The maximum Gasteiger partial charge on any atom is 0.251 e. The Morgan fingerprint density at radius 3 is 2.86 bits per heavy atom. The fourth-order valence-corrected chi connectivity index (χ4v) is 2.63. The summed E-state index contributed by atoms with van der Waals surface area (Å²) in [6.45, 7) is 5.04. The summed E-state index contributed by atoms with van der Waals surface area (Å²) in [5.41, 5.74) is 1.65. The Morgan fingerprint density at radius 1 is 1.29 bits per heavy atom. The first-order valence-electron chi connectivity index (χ1n) is 7.21. The van der Waals surface area contributed by atoms with Crippen molar-refractivity contribution in [1.82, 2.24) is 10.3 Å². The minimum absolute atomic E-state index is 0.0273. The molecular formula is C17H21BrN2O. The first-order valence-corrected chi connectivity index (χ1v) is 8.33. The van der Waals surface area contributed by atoms with Crippen LogP contribution in [0.1, 0.15) is 37.0 Å². The van der Waals surface area contributed by atoms with E-state index in [4.69, 9.17) is 0 Å². The molecule has 0 aliphatic carbocycles. The van der Waals surface area contributed by atoms with Gasteiger partial charge in [-0.3, -0.25) is 9.78 Å². The summed E-state index contributed by atoms with van der Waals surface area (Å²) in [6, 6.07) is 9.45. The van der Waals surface area contributed by atoms with Crippen LogP contribution in [-0.2, 0) is 0 Å². The van der Waals surface area contributed by atoms with Gasteiger partial charge < -0.3 is 5.32 Å². The van der Waals surface area contributed by atoms with Crippen LogP contribution in [0.2, 0.25) is 0 Å². The predicted octanol–water partition coefficient (Wildman–Crippen LogP) is 4.17. The Kier molecular flexibility index (Phi) is 5.34. The number of amides is 1. The van der Waals surface area contributed by atoms with E-state index in [1.807, 2.05) is 30.3 Å². The summed E-state index contributed by atoms with van der Waals surface area (Å²) < 4.78 is 0. The molecule has 0 saturated heterocycles. The maximum absolute atomic E-state index is 12.4. The monoisotopic (exact) mass is 348 g/mol. The van der Waals surface area contributed by atoms with Gasteiger partial charge in [0.05, 0.1) is 5.52 Å². The molecule has 1 aromatic heterocycles. The summed E-state index contributed by atoms with van der Waals surface area (Å²) in [5.74, 6) is -0.0273. The van der Waals surface area contributed by atoms with Crippen molar-refractivity contribution in [2.75, 3.05) is 11.9 Å². The molecule has 0 atom stereocenters. The van der Waals surface area contributed by atoms with Crippen LogP contribution in [0, 0.1) is 5.41 Å². The van der Waals surface area contributed by atoms with E-state index in [9.17, 15) is 4.79 Å². The lowest BCUT2D eigenvalue weighted by molar-refractivity contribution is 0.0936. The van der Waals surface area contributed by atoms with Crippen LogP contribution < -0.4 is 5.32 Å². The molecule has 2 rings (SSSR count). The van der Waals surface area contributed by atoms with E-state index in [2.05, 4.69) is 40.1 Å². The second-order valence-corrected chi connectivity index (χ2v) is 6.81. The molecule has 112 valence electrons. The van der Waals surface area contributed by atoms with Crippen LogP contribution in [-0.4, -0.2) is 22.8 Å². The van der Waals surface area contributed by atoms with Crippen molar-refractivity contribution in [3.05, 3.63) is 42.1 Å². The van der Waals surface area contributed by atoms with Crippen molar-refractivity contribution in [2.45, 2.75) is 26.7 Å². The number of hydrogen-bond acceptors (Lipinski definition) is 2. The van der Waals surface area contributed by atoms with Crippen molar-refractivity contribution >= 4 is 32.7 Å².